The van der Waals surface area contributed by atoms with Crippen LogP contribution in [-0.4, -0.2) is 154 Å². The van der Waals surface area contributed by atoms with Crippen molar-refractivity contribution in [3.05, 3.63) is 0 Å². The van der Waals surface area contributed by atoms with Crippen molar-refractivity contribution in [2.45, 2.75) is 133 Å². The largest absolute Gasteiger partial charge is 0.477 e. The molecule has 21 nitrogen and oxygen atoms in total. The summed E-state index contributed by atoms with van der Waals surface area (Å²) in [6, 6.07) is -2.17. The fourth-order valence-electron chi connectivity index (χ4n) is 5.21. The SMILES string of the molecule is CC(=O)NC1C(O)CC(O)(C(=O)O)OC1C.CC(=O)NC1C(O)CC(O)(C(=O)O)OC1C.CC(=O)NC1C(O)CC(O)(C(=O)O)OC1C. The van der Waals surface area contributed by atoms with Crippen LogP contribution in [0, 0.1) is 0 Å². The van der Waals surface area contributed by atoms with E-state index in [9.17, 15) is 59.4 Å². The third-order valence-corrected chi connectivity index (χ3v) is 7.47. The molecule has 0 saturated carbocycles. The van der Waals surface area contributed by atoms with Gasteiger partial charge in [-0.2, -0.15) is 0 Å². The van der Waals surface area contributed by atoms with Crippen molar-refractivity contribution < 1.29 is 88.9 Å². The predicted molar refractivity (Wildman–Crippen MR) is 154 cm³/mol. The Morgan fingerprint density at radius 1 is 0.500 bits per heavy atom. The Morgan fingerprint density at radius 3 is 0.812 bits per heavy atom. The Labute approximate surface area is 273 Å². The minimum absolute atomic E-state index is 0.361. The van der Waals surface area contributed by atoms with E-state index in [1.54, 1.807) is 0 Å². The number of carbonyl (C=O) groups is 6. The zero-order chi connectivity index (χ0) is 37.5. The van der Waals surface area contributed by atoms with E-state index < -0.39 is 109 Å². The van der Waals surface area contributed by atoms with Crippen LogP contribution in [0.2, 0.25) is 0 Å². The number of aliphatic carboxylic acids is 3. The van der Waals surface area contributed by atoms with Gasteiger partial charge in [0.25, 0.3) is 17.4 Å². The number of hydrogen-bond acceptors (Lipinski definition) is 15. The Kier molecular flexibility index (Phi) is 14.8. The predicted octanol–water partition coefficient (Wildman–Crippen LogP) is -4.70. The molecule has 3 saturated heterocycles. The molecule has 3 aliphatic rings. The monoisotopic (exact) mass is 699 g/mol. The summed E-state index contributed by atoms with van der Waals surface area (Å²) in [5, 5.41) is 91.1. The zero-order valence-corrected chi connectivity index (χ0v) is 27.0. The number of ether oxygens (including phenoxy) is 3. The van der Waals surface area contributed by atoms with Crippen molar-refractivity contribution in [3.63, 3.8) is 0 Å². The smallest absolute Gasteiger partial charge is 0.364 e. The summed E-state index contributed by atoms with van der Waals surface area (Å²) in [6.07, 6.45) is -7.38. The molecule has 3 amide bonds. The summed E-state index contributed by atoms with van der Waals surface area (Å²) in [7, 11) is 0. The van der Waals surface area contributed by atoms with E-state index in [0.29, 0.717) is 0 Å². The maximum atomic E-state index is 10.8. The van der Waals surface area contributed by atoms with Crippen LogP contribution >= 0.6 is 0 Å². The van der Waals surface area contributed by atoms with Crippen molar-refractivity contribution in [2.75, 3.05) is 0 Å². The van der Waals surface area contributed by atoms with E-state index >= 15 is 0 Å². The number of nitrogens with one attached hydrogen (secondary N) is 3. The number of carboxylic acid groups (broad SMARTS) is 3. The summed E-state index contributed by atoms with van der Waals surface area (Å²) in [6.45, 7) is 8.23. The lowest BCUT2D eigenvalue weighted by atomic mass is 9.94. The van der Waals surface area contributed by atoms with Gasteiger partial charge in [0.1, 0.15) is 0 Å². The average Bonchev–Trinajstić information content (AvgIpc) is 2.91. The molecule has 12 atom stereocenters. The minimum atomic E-state index is -2.40. The molecule has 48 heavy (non-hydrogen) atoms. The summed E-state index contributed by atoms with van der Waals surface area (Å²) in [5.41, 5.74) is 0. The molecule has 0 aliphatic carbocycles. The van der Waals surface area contributed by atoms with Gasteiger partial charge in [0.05, 0.1) is 54.7 Å². The Bertz CT molecular complexity index is 1020. The molecule has 3 rings (SSSR count). The molecular weight excluding hydrogens is 654 g/mol. The van der Waals surface area contributed by atoms with Crippen LogP contribution in [0.4, 0.5) is 0 Å². The van der Waals surface area contributed by atoms with Crippen molar-refractivity contribution in [1.29, 1.82) is 0 Å². The van der Waals surface area contributed by atoms with Crippen LogP contribution in [0.25, 0.3) is 0 Å². The number of amides is 3. The summed E-state index contributed by atoms with van der Waals surface area (Å²) < 4.78 is 14.7. The van der Waals surface area contributed by atoms with Crippen molar-refractivity contribution in [1.82, 2.24) is 16.0 Å². The first-order valence-corrected chi connectivity index (χ1v) is 14.5. The lowest BCUT2D eigenvalue weighted by Gasteiger charge is -2.40. The standard InChI is InChI=1S/3C9H15NO6/c3*1-4-7(10-5(2)11)6(12)3-9(15,16-4)8(13)14/h3*4,6-7,12,15H,3H2,1-2H3,(H,10,11)(H,13,14). The van der Waals surface area contributed by atoms with E-state index in [1.165, 1.54) is 41.5 Å². The summed E-state index contributed by atoms with van der Waals surface area (Å²) in [4.78, 5) is 64.7. The van der Waals surface area contributed by atoms with Crippen LogP contribution in [0.3, 0.4) is 0 Å². The fourth-order valence-corrected chi connectivity index (χ4v) is 5.21. The summed E-state index contributed by atoms with van der Waals surface area (Å²) >= 11 is 0. The first-order valence-electron chi connectivity index (χ1n) is 14.5. The summed E-state index contributed by atoms with van der Waals surface area (Å²) in [5.74, 6) is -12.9. The number of aliphatic hydroxyl groups excluding tert-OH is 3. The number of rotatable bonds is 6. The van der Waals surface area contributed by atoms with Crippen molar-refractivity contribution in [3.8, 4) is 0 Å². The van der Waals surface area contributed by atoms with Gasteiger partial charge in [0, 0.05) is 40.0 Å². The molecule has 21 heteroatoms. The van der Waals surface area contributed by atoms with Gasteiger partial charge in [-0.3, -0.25) is 14.4 Å². The molecule has 0 bridgehead atoms. The number of carboxylic acids is 3. The maximum absolute atomic E-state index is 10.8. The van der Waals surface area contributed by atoms with Gasteiger partial charge in [-0.05, 0) is 20.8 Å². The molecule has 3 fully saturated rings. The molecule has 0 aromatic carbocycles. The second kappa shape index (κ2) is 16.7. The second-order valence-corrected chi connectivity index (χ2v) is 11.7. The van der Waals surface area contributed by atoms with Crippen LogP contribution < -0.4 is 16.0 Å². The highest BCUT2D eigenvalue weighted by Gasteiger charge is 2.51. The van der Waals surface area contributed by atoms with Gasteiger partial charge in [0.2, 0.25) is 17.7 Å². The molecule has 0 aromatic rings. The number of carbonyl (C=O) groups excluding carboxylic acids is 3. The first kappa shape index (κ1) is 42.5. The molecular formula is C27H45N3O18. The minimum Gasteiger partial charge on any atom is -0.477 e. The van der Waals surface area contributed by atoms with Gasteiger partial charge >= 0.3 is 17.9 Å². The van der Waals surface area contributed by atoms with E-state index in [1.807, 2.05) is 0 Å². The Morgan fingerprint density at radius 2 is 0.688 bits per heavy atom. The normalized spacial score (nSPS) is 39.1. The van der Waals surface area contributed by atoms with Crippen LogP contribution in [-0.2, 0) is 43.0 Å². The van der Waals surface area contributed by atoms with Gasteiger partial charge in [-0.15, -0.1) is 0 Å². The lowest BCUT2D eigenvalue weighted by Crippen LogP contribution is -2.62. The highest BCUT2D eigenvalue weighted by atomic mass is 16.7. The third-order valence-electron chi connectivity index (χ3n) is 7.47. The second-order valence-electron chi connectivity index (χ2n) is 11.7. The molecule has 276 valence electrons. The Balaban J connectivity index is 0.000000360. The van der Waals surface area contributed by atoms with Gasteiger partial charge in [0.15, 0.2) is 0 Å². The van der Waals surface area contributed by atoms with Gasteiger partial charge < -0.3 is 76.1 Å². The quantitative estimate of drug-likeness (QED) is 0.124. The van der Waals surface area contributed by atoms with Crippen LogP contribution in [0.5, 0.6) is 0 Å². The Hall–Kier alpha value is -3.54. The lowest BCUT2D eigenvalue weighted by molar-refractivity contribution is -0.273. The first-order chi connectivity index (χ1) is 21.8. The third kappa shape index (κ3) is 11.3. The zero-order valence-electron chi connectivity index (χ0n) is 27.0. The average molecular weight is 700 g/mol. The van der Waals surface area contributed by atoms with Crippen molar-refractivity contribution >= 4 is 35.6 Å². The number of hydrogen-bond donors (Lipinski definition) is 12. The van der Waals surface area contributed by atoms with E-state index in [-0.39, 0.29) is 17.7 Å². The molecule has 0 radical (unpaired) electrons. The topological polar surface area (TPSA) is 348 Å². The highest BCUT2D eigenvalue weighted by Crippen LogP contribution is 2.29. The van der Waals surface area contributed by atoms with Crippen LogP contribution in [0.1, 0.15) is 60.8 Å². The van der Waals surface area contributed by atoms with E-state index in [2.05, 4.69) is 16.0 Å². The molecule has 3 aliphatic heterocycles. The van der Waals surface area contributed by atoms with E-state index in [0.717, 1.165) is 0 Å². The fraction of sp³-hybridized carbons (Fsp3) is 0.778. The van der Waals surface area contributed by atoms with Gasteiger partial charge in [-0.25, -0.2) is 14.4 Å². The highest BCUT2D eigenvalue weighted by molar-refractivity contribution is 5.77. The molecule has 0 spiro atoms. The molecule has 12 N–H and O–H groups in total. The van der Waals surface area contributed by atoms with Crippen LogP contribution in [0.15, 0.2) is 0 Å². The van der Waals surface area contributed by atoms with E-state index in [4.69, 9.17) is 29.5 Å². The molecule has 0 aromatic heterocycles. The maximum Gasteiger partial charge on any atom is 0.364 e. The number of aliphatic hydroxyl groups is 6. The molecule has 12 unspecified atom stereocenters. The molecule has 3 heterocycles. The van der Waals surface area contributed by atoms with Crippen molar-refractivity contribution in [2.24, 2.45) is 0 Å². The van der Waals surface area contributed by atoms with Gasteiger partial charge in [-0.1, -0.05) is 0 Å².